The van der Waals surface area contributed by atoms with Crippen LogP contribution in [-0.2, 0) is 9.53 Å². The van der Waals surface area contributed by atoms with Crippen LogP contribution in [0.1, 0.15) is 51.4 Å². The molecule has 19 heavy (non-hydrogen) atoms. The van der Waals surface area contributed by atoms with Gasteiger partial charge in [-0.2, -0.15) is 0 Å². The zero-order valence-electron chi connectivity index (χ0n) is 11.6. The Balaban J connectivity index is 1.40. The van der Waals surface area contributed by atoms with Gasteiger partial charge in [0.2, 0.25) is 5.91 Å². The SMILES string of the molecule is NCC1CCC(CC(=O)NC2CC3CCC2O3)CC1. The number of amides is 1. The van der Waals surface area contributed by atoms with Crippen molar-refractivity contribution in [2.45, 2.75) is 69.6 Å². The van der Waals surface area contributed by atoms with Crippen LogP contribution in [0.3, 0.4) is 0 Å². The summed E-state index contributed by atoms with van der Waals surface area (Å²) in [4.78, 5) is 12.1. The Morgan fingerprint density at radius 2 is 1.84 bits per heavy atom. The van der Waals surface area contributed by atoms with E-state index in [1.54, 1.807) is 0 Å². The molecular weight excluding hydrogens is 240 g/mol. The molecule has 0 aromatic rings. The minimum Gasteiger partial charge on any atom is -0.373 e. The molecule has 0 aromatic heterocycles. The Labute approximate surface area is 115 Å². The first-order valence-electron chi connectivity index (χ1n) is 7.89. The lowest BCUT2D eigenvalue weighted by molar-refractivity contribution is -0.123. The first-order valence-corrected chi connectivity index (χ1v) is 7.89. The molecule has 3 unspecified atom stereocenters. The molecular formula is C15H26N2O2. The van der Waals surface area contributed by atoms with Crippen LogP contribution < -0.4 is 11.1 Å². The van der Waals surface area contributed by atoms with Crippen LogP contribution in [0.4, 0.5) is 0 Å². The molecule has 3 rings (SSSR count). The van der Waals surface area contributed by atoms with E-state index in [9.17, 15) is 4.79 Å². The number of fused-ring (bicyclic) bond motifs is 2. The number of carbonyl (C=O) groups is 1. The number of nitrogens with one attached hydrogen (secondary N) is 1. The van der Waals surface area contributed by atoms with Crippen LogP contribution in [0.2, 0.25) is 0 Å². The maximum atomic E-state index is 12.1. The summed E-state index contributed by atoms with van der Waals surface area (Å²) in [5.74, 6) is 1.50. The average Bonchev–Trinajstić information content (AvgIpc) is 3.02. The maximum Gasteiger partial charge on any atom is 0.220 e. The molecule has 3 fully saturated rings. The van der Waals surface area contributed by atoms with Crippen molar-refractivity contribution in [2.75, 3.05) is 6.54 Å². The van der Waals surface area contributed by atoms with Crippen molar-refractivity contribution in [2.24, 2.45) is 17.6 Å². The summed E-state index contributed by atoms with van der Waals surface area (Å²) in [6, 6.07) is 0.284. The van der Waals surface area contributed by atoms with Gasteiger partial charge in [0.05, 0.1) is 18.2 Å². The summed E-state index contributed by atoms with van der Waals surface area (Å²) in [5.41, 5.74) is 5.70. The van der Waals surface area contributed by atoms with Crippen molar-refractivity contribution < 1.29 is 9.53 Å². The molecule has 2 saturated heterocycles. The maximum absolute atomic E-state index is 12.1. The normalized spacial score (nSPS) is 41.4. The molecule has 2 aliphatic heterocycles. The predicted octanol–water partition coefficient (Wildman–Crippen LogP) is 1.58. The third-order valence-electron chi connectivity index (χ3n) is 5.23. The van der Waals surface area contributed by atoms with Crippen molar-refractivity contribution in [1.29, 1.82) is 0 Å². The highest BCUT2D eigenvalue weighted by Gasteiger charge is 2.41. The summed E-state index contributed by atoms with van der Waals surface area (Å²) >= 11 is 0. The van der Waals surface area contributed by atoms with Crippen LogP contribution >= 0.6 is 0 Å². The van der Waals surface area contributed by atoms with Gasteiger partial charge in [-0.25, -0.2) is 0 Å². The molecule has 3 atom stereocenters. The van der Waals surface area contributed by atoms with E-state index in [4.69, 9.17) is 10.5 Å². The lowest BCUT2D eigenvalue weighted by Crippen LogP contribution is -2.42. The van der Waals surface area contributed by atoms with Crippen molar-refractivity contribution in [3.05, 3.63) is 0 Å². The van der Waals surface area contributed by atoms with Crippen molar-refractivity contribution >= 4 is 5.91 Å². The summed E-state index contributed by atoms with van der Waals surface area (Å²) in [7, 11) is 0. The number of hydrogen-bond donors (Lipinski definition) is 2. The lowest BCUT2D eigenvalue weighted by Gasteiger charge is -2.28. The van der Waals surface area contributed by atoms with Gasteiger partial charge in [0.15, 0.2) is 0 Å². The van der Waals surface area contributed by atoms with E-state index >= 15 is 0 Å². The second kappa shape index (κ2) is 5.80. The Bertz CT molecular complexity index is 326. The lowest BCUT2D eigenvalue weighted by atomic mass is 9.80. The molecule has 108 valence electrons. The van der Waals surface area contributed by atoms with Gasteiger partial charge in [-0.1, -0.05) is 0 Å². The van der Waals surface area contributed by atoms with Gasteiger partial charge in [0.25, 0.3) is 0 Å². The van der Waals surface area contributed by atoms with Gasteiger partial charge in [0, 0.05) is 6.42 Å². The van der Waals surface area contributed by atoms with Gasteiger partial charge in [-0.3, -0.25) is 4.79 Å². The van der Waals surface area contributed by atoms with Crippen LogP contribution in [-0.4, -0.2) is 30.7 Å². The molecule has 4 heteroatoms. The minimum absolute atomic E-state index is 0.234. The molecule has 3 N–H and O–H groups in total. The molecule has 0 aromatic carbocycles. The number of nitrogens with two attached hydrogens (primary N) is 1. The average molecular weight is 266 g/mol. The molecule has 1 amide bonds. The van der Waals surface area contributed by atoms with E-state index in [0.29, 0.717) is 30.5 Å². The predicted molar refractivity (Wildman–Crippen MR) is 73.6 cm³/mol. The molecule has 2 heterocycles. The van der Waals surface area contributed by atoms with Gasteiger partial charge < -0.3 is 15.8 Å². The van der Waals surface area contributed by atoms with Gasteiger partial charge in [-0.05, 0) is 63.3 Å². The van der Waals surface area contributed by atoms with Crippen molar-refractivity contribution in [1.82, 2.24) is 5.32 Å². The number of hydrogen-bond acceptors (Lipinski definition) is 3. The van der Waals surface area contributed by atoms with Crippen molar-refractivity contribution in [3.8, 4) is 0 Å². The fourth-order valence-electron chi connectivity index (χ4n) is 3.99. The molecule has 0 radical (unpaired) electrons. The molecule has 0 spiro atoms. The standard InChI is InChI=1S/C15H26N2O2/c16-9-11-3-1-10(2-4-11)7-15(18)17-13-8-12-5-6-14(13)19-12/h10-14H,1-9,16H2,(H,17,18). The Hall–Kier alpha value is -0.610. The van der Waals surface area contributed by atoms with E-state index in [1.165, 1.54) is 32.1 Å². The third kappa shape index (κ3) is 3.11. The van der Waals surface area contributed by atoms with E-state index < -0.39 is 0 Å². The highest BCUT2D eigenvalue weighted by atomic mass is 16.5. The second-order valence-electron chi connectivity index (χ2n) is 6.61. The molecule has 1 aliphatic carbocycles. The third-order valence-corrected chi connectivity index (χ3v) is 5.23. The highest BCUT2D eigenvalue weighted by molar-refractivity contribution is 5.76. The quantitative estimate of drug-likeness (QED) is 0.812. The van der Waals surface area contributed by atoms with Gasteiger partial charge in [-0.15, -0.1) is 0 Å². The molecule has 4 nitrogen and oxygen atoms in total. The molecule has 2 bridgehead atoms. The number of ether oxygens (including phenoxy) is 1. The van der Waals surface area contributed by atoms with Gasteiger partial charge in [0.1, 0.15) is 0 Å². The fourth-order valence-corrected chi connectivity index (χ4v) is 3.99. The van der Waals surface area contributed by atoms with E-state index in [1.807, 2.05) is 0 Å². The highest BCUT2D eigenvalue weighted by Crippen LogP contribution is 2.35. The Morgan fingerprint density at radius 1 is 1.11 bits per heavy atom. The van der Waals surface area contributed by atoms with E-state index in [0.717, 1.165) is 19.4 Å². The topological polar surface area (TPSA) is 64.4 Å². The molecule has 3 aliphatic rings. The first kappa shape index (κ1) is 13.4. The zero-order chi connectivity index (χ0) is 13.2. The van der Waals surface area contributed by atoms with Crippen molar-refractivity contribution in [3.63, 3.8) is 0 Å². The van der Waals surface area contributed by atoms with Gasteiger partial charge >= 0.3 is 0 Å². The van der Waals surface area contributed by atoms with E-state index in [2.05, 4.69) is 5.32 Å². The monoisotopic (exact) mass is 266 g/mol. The van der Waals surface area contributed by atoms with E-state index in [-0.39, 0.29) is 11.9 Å². The summed E-state index contributed by atoms with van der Waals surface area (Å²) in [6.07, 6.45) is 9.47. The Morgan fingerprint density at radius 3 is 2.42 bits per heavy atom. The summed E-state index contributed by atoms with van der Waals surface area (Å²) in [5, 5.41) is 3.19. The van der Waals surface area contributed by atoms with Crippen LogP contribution in [0.15, 0.2) is 0 Å². The molecule has 1 saturated carbocycles. The van der Waals surface area contributed by atoms with Crippen LogP contribution in [0.5, 0.6) is 0 Å². The first-order chi connectivity index (χ1) is 9.24. The Kier molecular flexibility index (Phi) is 4.08. The fraction of sp³-hybridized carbons (Fsp3) is 0.933. The summed E-state index contributed by atoms with van der Waals surface area (Å²) in [6.45, 7) is 0.807. The number of rotatable bonds is 4. The number of carbonyl (C=O) groups excluding carboxylic acids is 1. The minimum atomic E-state index is 0.234. The van der Waals surface area contributed by atoms with Crippen LogP contribution in [0, 0.1) is 11.8 Å². The second-order valence-corrected chi connectivity index (χ2v) is 6.61. The largest absolute Gasteiger partial charge is 0.373 e. The zero-order valence-corrected chi connectivity index (χ0v) is 11.6. The smallest absolute Gasteiger partial charge is 0.220 e. The van der Waals surface area contributed by atoms with Crippen LogP contribution in [0.25, 0.3) is 0 Å². The summed E-state index contributed by atoms with van der Waals surface area (Å²) < 4.78 is 5.78.